The number of piperidine rings is 1. The number of carboxylic acids is 1. The molecule has 2 aliphatic heterocycles. The molecule has 6 nitrogen and oxygen atoms in total. The van der Waals surface area contributed by atoms with Crippen molar-refractivity contribution in [3.05, 3.63) is 0 Å². The normalized spacial score (nSPS) is 31.4. The summed E-state index contributed by atoms with van der Waals surface area (Å²) in [6.45, 7) is 1.17. The molecule has 3 atom stereocenters. The second-order valence-electron chi connectivity index (χ2n) is 5.46. The Morgan fingerprint density at radius 2 is 2.11 bits per heavy atom. The molecule has 2 saturated heterocycles. The molecule has 0 aliphatic carbocycles. The van der Waals surface area contributed by atoms with Gasteiger partial charge in [0, 0.05) is 25.6 Å². The Balaban J connectivity index is 1.94. The van der Waals surface area contributed by atoms with Crippen molar-refractivity contribution in [3.63, 3.8) is 0 Å². The molecule has 2 rings (SSSR count). The molecular formula is C13H22N2O4. The molecule has 0 aromatic heterocycles. The van der Waals surface area contributed by atoms with Crippen LogP contribution in [0.1, 0.15) is 38.5 Å². The third-order valence-electron chi connectivity index (χ3n) is 4.01. The number of hydrogen-bond acceptors (Lipinski definition) is 4. The maximum Gasteiger partial charge on any atom is 0.303 e. The predicted octanol–water partition coefficient (Wildman–Crippen LogP) is -0.0449. The third-order valence-corrected chi connectivity index (χ3v) is 4.01. The first kappa shape index (κ1) is 14.3. The smallest absolute Gasteiger partial charge is 0.303 e. The van der Waals surface area contributed by atoms with Crippen LogP contribution < -0.4 is 5.32 Å². The van der Waals surface area contributed by atoms with E-state index in [1.165, 1.54) is 0 Å². The molecule has 0 radical (unpaired) electrons. The number of hydrogen-bond donors (Lipinski definition) is 3. The number of aliphatic carboxylic acids is 1. The minimum absolute atomic E-state index is 0.0200. The number of nitrogens with zero attached hydrogens (tertiary/aromatic N) is 1. The SMILES string of the molecule is O=C(O)CCC1CCCCN1C(=O)C1CC(O)CN1. The monoisotopic (exact) mass is 270 g/mol. The number of amides is 1. The van der Waals surface area contributed by atoms with Crippen molar-refractivity contribution in [2.45, 2.75) is 56.7 Å². The summed E-state index contributed by atoms with van der Waals surface area (Å²) in [6.07, 6.45) is 3.55. The van der Waals surface area contributed by atoms with Gasteiger partial charge in [0.25, 0.3) is 0 Å². The average Bonchev–Trinajstić information content (AvgIpc) is 2.82. The summed E-state index contributed by atoms with van der Waals surface area (Å²) < 4.78 is 0. The van der Waals surface area contributed by atoms with Crippen molar-refractivity contribution >= 4 is 11.9 Å². The highest BCUT2D eigenvalue weighted by Gasteiger charge is 2.35. The second-order valence-corrected chi connectivity index (χ2v) is 5.46. The Bertz CT molecular complexity index is 348. The first-order valence-corrected chi connectivity index (χ1v) is 7.01. The van der Waals surface area contributed by atoms with Crippen molar-refractivity contribution in [1.29, 1.82) is 0 Å². The van der Waals surface area contributed by atoms with Crippen LogP contribution in [0.3, 0.4) is 0 Å². The quantitative estimate of drug-likeness (QED) is 0.666. The zero-order valence-corrected chi connectivity index (χ0v) is 11.0. The van der Waals surface area contributed by atoms with Crippen LogP contribution in [0.4, 0.5) is 0 Å². The molecule has 3 N–H and O–H groups in total. The molecule has 108 valence electrons. The Kier molecular flexibility index (Phi) is 4.76. The fraction of sp³-hybridized carbons (Fsp3) is 0.846. The van der Waals surface area contributed by atoms with E-state index in [0.29, 0.717) is 25.9 Å². The lowest BCUT2D eigenvalue weighted by atomic mass is 9.96. The van der Waals surface area contributed by atoms with Crippen LogP contribution in [-0.2, 0) is 9.59 Å². The lowest BCUT2D eigenvalue weighted by molar-refractivity contribution is -0.141. The molecule has 0 spiro atoms. The van der Waals surface area contributed by atoms with E-state index in [0.717, 1.165) is 19.3 Å². The largest absolute Gasteiger partial charge is 0.481 e. The van der Waals surface area contributed by atoms with E-state index in [4.69, 9.17) is 5.11 Å². The van der Waals surface area contributed by atoms with E-state index in [1.54, 1.807) is 0 Å². The summed E-state index contributed by atoms with van der Waals surface area (Å²) in [6, 6.07) is -0.266. The fourth-order valence-corrected chi connectivity index (χ4v) is 2.99. The lowest BCUT2D eigenvalue weighted by Crippen LogP contribution is -2.50. The summed E-state index contributed by atoms with van der Waals surface area (Å²) in [7, 11) is 0. The number of aliphatic hydroxyl groups is 1. The van der Waals surface area contributed by atoms with Gasteiger partial charge in [-0.25, -0.2) is 0 Å². The summed E-state index contributed by atoms with van der Waals surface area (Å²) >= 11 is 0. The highest BCUT2D eigenvalue weighted by atomic mass is 16.4. The van der Waals surface area contributed by atoms with Crippen molar-refractivity contribution in [2.75, 3.05) is 13.1 Å². The molecule has 2 aliphatic rings. The molecular weight excluding hydrogens is 248 g/mol. The number of carboxylic acid groups (broad SMARTS) is 1. The van der Waals surface area contributed by atoms with Gasteiger partial charge >= 0.3 is 5.97 Å². The number of rotatable bonds is 4. The first-order valence-electron chi connectivity index (χ1n) is 7.01. The summed E-state index contributed by atoms with van der Waals surface area (Å²) in [5.41, 5.74) is 0. The number of carbonyl (C=O) groups excluding carboxylic acids is 1. The van der Waals surface area contributed by atoms with Crippen LogP contribution in [0.2, 0.25) is 0 Å². The third kappa shape index (κ3) is 3.67. The molecule has 0 saturated carbocycles. The van der Waals surface area contributed by atoms with Crippen molar-refractivity contribution in [2.24, 2.45) is 0 Å². The molecule has 6 heteroatoms. The van der Waals surface area contributed by atoms with Crippen LogP contribution >= 0.6 is 0 Å². The van der Waals surface area contributed by atoms with Gasteiger partial charge in [-0.3, -0.25) is 9.59 Å². The Morgan fingerprint density at radius 3 is 2.74 bits per heavy atom. The molecule has 0 bridgehead atoms. The van der Waals surface area contributed by atoms with E-state index >= 15 is 0 Å². The van der Waals surface area contributed by atoms with Crippen molar-refractivity contribution in [1.82, 2.24) is 10.2 Å². The Hall–Kier alpha value is -1.14. The number of carbonyl (C=O) groups is 2. The fourth-order valence-electron chi connectivity index (χ4n) is 2.99. The average molecular weight is 270 g/mol. The number of likely N-dealkylation sites (tertiary alicyclic amines) is 1. The molecule has 1 amide bonds. The molecule has 3 unspecified atom stereocenters. The van der Waals surface area contributed by atoms with Crippen LogP contribution in [0, 0.1) is 0 Å². The van der Waals surface area contributed by atoms with E-state index < -0.39 is 12.1 Å². The van der Waals surface area contributed by atoms with Crippen molar-refractivity contribution in [3.8, 4) is 0 Å². The van der Waals surface area contributed by atoms with Gasteiger partial charge in [0.15, 0.2) is 0 Å². The van der Waals surface area contributed by atoms with Gasteiger partial charge in [0.2, 0.25) is 5.91 Å². The van der Waals surface area contributed by atoms with Crippen LogP contribution in [-0.4, -0.2) is 58.3 Å². The maximum absolute atomic E-state index is 12.4. The standard InChI is InChI=1S/C13H22N2O4/c16-10-7-11(14-8-10)13(19)15-6-2-1-3-9(15)4-5-12(17)18/h9-11,14,16H,1-8H2,(H,17,18). The first-order chi connectivity index (χ1) is 9.08. The lowest BCUT2D eigenvalue weighted by Gasteiger charge is -2.37. The van der Waals surface area contributed by atoms with Crippen LogP contribution in [0.25, 0.3) is 0 Å². The summed E-state index contributed by atoms with van der Waals surface area (Å²) in [5, 5.41) is 21.3. The molecule has 0 aromatic rings. The summed E-state index contributed by atoms with van der Waals surface area (Å²) in [5.74, 6) is -0.793. The van der Waals surface area contributed by atoms with Crippen LogP contribution in [0.5, 0.6) is 0 Å². The van der Waals surface area contributed by atoms with E-state index in [2.05, 4.69) is 5.32 Å². The Labute approximate surface area is 112 Å². The molecule has 19 heavy (non-hydrogen) atoms. The van der Waals surface area contributed by atoms with Gasteiger partial charge in [-0.05, 0) is 32.1 Å². The van der Waals surface area contributed by atoms with Gasteiger partial charge in [-0.15, -0.1) is 0 Å². The number of nitrogens with one attached hydrogen (secondary N) is 1. The van der Waals surface area contributed by atoms with Crippen LogP contribution in [0.15, 0.2) is 0 Å². The van der Waals surface area contributed by atoms with Gasteiger partial charge in [0.1, 0.15) is 0 Å². The number of β-amino-alcohol motifs (C(OH)–C–C–N with tert-alkyl or cyclic N) is 1. The second kappa shape index (κ2) is 6.34. The van der Waals surface area contributed by atoms with Gasteiger partial charge in [-0.1, -0.05) is 0 Å². The minimum Gasteiger partial charge on any atom is -0.481 e. The maximum atomic E-state index is 12.4. The van der Waals surface area contributed by atoms with Gasteiger partial charge < -0.3 is 20.4 Å². The highest BCUT2D eigenvalue weighted by molar-refractivity contribution is 5.82. The van der Waals surface area contributed by atoms with E-state index in [1.807, 2.05) is 4.90 Å². The molecule has 2 heterocycles. The van der Waals surface area contributed by atoms with E-state index in [-0.39, 0.29) is 24.4 Å². The zero-order valence-electron chi connectivity index (χ0n) is 11.0. The van der Waals surface area contributed by atoms with Gasteiger partial charge in [-0.2, -0.15) is 0 Å². The topological polar surface area (TPSA) is 89.9 Å². The number of aliphatic hydroxyl groups excluding tert-OH is 1. The Morgan fingerprint density at radius 1 is 1.32 bits per heavy atom. The highest BCUT2D eigenvalue weighted by Crippen LogP contribution is 2.23. The zero-order chi connectivity index (χ0) is 13.8. The predicted molar refractivity (Wildman–Crippen MR) is 68.6 cm³/mol. The van der Waals surface area contributed by atoms with Gasteiger partial charge in [0.05, 0.1) is 12.1 Å². The van der Waals surface area contributed by atoms with E-state index in [9.17, 15) is 14.7 Å². The summed E-state index contributed by atoms with van der Waals surface area (Å²) in [4.78, 5) is 24.9. The van der Waals surface area contributed by atoms with Crippen molar-refractivity contribution < 1.29 is 19.8 Å². The minimum atomic E-state index is -0.813. The molecule has 0 aromatic carbocycles. The molecule has 2 fully saturated rings.